The summed E-state index contributed by atoms with van der Waals surface area (Å²) in [7, 11) is 4.23. The van der Waals surface area contributed by atoms with Gasteiger partial charge < -0.3 is 24.4 Å². The number of phenols is 2. The second-order valence-electron chi connectivity index (χ2n) is 4.82. The maximum Gasteiger partial charge on any atom is 0.207 e. The average molecular weight is 330 g/mol. The van der Waals surface area contributed by atoms with Gasteiger partial charge in [-0.1, -0.05) is 0 Å². The molecule has 0 radical (unpaired) electrons. The number of ether oxygens (including phenoxy) is 3. The second-order valence-corrected chi connectivity index (χ2v) is 4.82. The zero-order chi connectivity index (χ0) is 17.7. The first-order valence-electron chi connectivity index (χ1n) is 7.05. The van der Waals surface area contributed by atoms with Gasteiger partial charge in [-0.3, -0.25) is 4.79 Å². The van der Waals surface area contributed by atoms with E-state index < -0.39 is 0 Å². The molecule has 2 rings (SSSR count). The van der Waals surface area contributed by atoms with Gasteiger partial charge in [-0.05, 0) is 42.5 Å². The summed E-state index contributed by atoms with van der Waals surface area (Å²) in [4.78, 5) is 12.2. The van der Waals surface area contributed by atoms with E-state index >= 15 is 0 Å². The Morgan fingerprint density at radius 1 is 0.958 bits per heavy atom. The molecule has 0 bridgehead atoms. The number of hydrogen-bond donors (Lipinski definition) is 2. The van der Waals surface area contributed by atoms with Crippen molar-refractivity contribution in [3.8, 4) is 28.7 Å². The number of rotatable bonds is 6. The van der Waals surface area contributed by atoms with Gasteiger partial charge in [0.2, 0.25) is 11.5 Å². The summed E-state index contributed by atoms with van der Waals surface area (Å²) in [6.45, 7) is 0. The van der Waals surface area contributed by atoms with Crippen LogP contribution in [0.4, 0.5) is 0 Å². The molecule has 0 saturated carbocycles. The molecule has 0 saturated heterocycles. The van der Waals surface area contributed by atoms with Crippen LogP contribution in [0.3, 0.4) is 0 Å². The molecule has 0 unspecified atom stereocenters. The minimum atomic E-state index is -0.309. The topological polar surface area (TPSA) is 85.2 Å². The maximum atomic E-state index is 12.2. The van der Waals surface area contributed by atoms with Crippen molar-refractivity contribution in [2.45, 2.75) is 0 Å². The van der Waals surface area contributed by atoms with E-state index in [4.69, 9.17) is 14.2 Å². The highest BCUT2D eigenvalue weighted by Crippen LogP contribution is 2.45. The number of benzene rings is 2. The zero-order valence-corrected chi connectivity index (χ0v) is 13.6. The van der Waals surface area contributed by atoms with E-state index in [9.17, 15) is 15.0 Å². The lowest BCUT2D eigenvalue weighted by Crippen LogP contribution is -1.95. The van der Waals surface area contributed by atoms with Crippen LogP contribution in [-0.2, 0) is 0 Å². The van der Waals surface area contributed by atoms with Gasteiger partial charge in [0.1, 0.15) is 5.75 Å². The number of phenolic OH excluding ortho intramolecular Hbond substituents is 2. The molecular weight excluding hydrogens is 312 g/mol. The van der Waals surface area contributed by atoms with Crippen molar-refractivity contribution in [3.05, 3.63) is 47.5 Å². The summed E-state index contributed by atoms with van der Waals surface area (Å²) in [6.07, 6.45) is 2.74. The number of ketones is 1. The van der Waals surface area contributed by atoms with Crippen LogP contribution in [0.2, 0.25) is 0 Å². The normalized spacial score (nSPS) is 10.6. The smallest absolute Gasteiger partial charge is 0.207 e. The third-order valence-electron chi connectivity index (χ3n) is 3.44. The summed E-state index contributed by atoms with van der Waals surface area (Å²) in [6, 6.07) is 8.06. The SMILES string of the molecule is COc1ccc(C(=O)C=Cc2cc(OC)c(O)c(OC)c2O)cc1. The highest BCUT2D eigenvalue weighted by Gasteiger charge is 2.17. The van der Waals surface area contributed by atoms with Crippen molar-refractivity contribution in [1.29, 1.82) is 0 Å². The van der Waals surface area contributed by atoms with Crippen molar-refractivity contribution >= 4 is 11.9 Å². The highest BCUT2D eigenvalue weighted by molar-refractivity contribution is 6.07. The molecule has 0 heterocycles. The van der Waals surface area contributed by atoms with Gasteiger partial charge in [0.15, 0.2) is 17.3 Å². The maximum absolute atomic E-state index is 12.2. The number of methoxy groups -OCH3 is 3. The molecule has 0 fully saturated rings. The summed E-state index contributed by atoms with van der Waals surface area (Å²) >= 11 is 0. The molecule has 0 aliphatic heterocycles. The van der Waals surface area contributed by atoms with E-state index in [1.54, 1.807) is 31.4 Å². The molecule has 6 heteroatoms. The molecule has 0 atom stereocenters. The minimum Gasteiger partial charge on any atom is -0.504 e. The van der Waals surface area contributed by atoms with Gasteiger partial charge in [0.25, 0.3) is 0 Å². The fourth-order valence-electron chi connectivity index (χ4n) is 2.13. The van der Waals surface area contributed by atoms with Crippen molar-refractivity contribution in [2.75, 3.05) is 21.3 Å². The summed E-state index contributed by atoms with van der Waals surface area (Å²) in [5.41, 5.74) is 0.757. The van der Waals surface area contributed by atoms with Crippen LogP contribution in [0.25, 0.3) is 6.08 Å². The van der Waals surface area contributed by atoms with Crippen LogP contribution in [0.1, 0.15) is 15.9 Å². The molecule has 0 aromatic heterocycles. The third kappa shape index (κ3) is 3.43. The van der Waals surface area contributed by atoms with Gasteiger partial charge in [-0.2, -0.15) is 0 Å². The second kappa shape index (κ2) is 7.41. The monoisotopic (exact) mass is 330 g/mol. The lowest BCUT2D eigenvalue weighted by atomic mass is 10.1. The first-order chi connectivity index (χ1) is 11.5. The number of carbonyl (C=O) groups is 1. The standard InChI is InChI=1S/C18H18O6/c1-22-13-7-4-11(5-8-13)14(19)9-6-12-10-15(23-2)17(21)18(24-3)16(12)20/h4-10,20-21H,1-3H3. The van der Waals surface area contributed by atoms with E-state index in [1.807, 2.05) is 0 Å². The average Bonchev–Trinajstić information content (AvgIpc) is 2.61. The lowest BCUT2D eigenvalue weighted by Gasteiger charge is -2.12. The number of carbonyl (C=O) groups excluding carboxylic acids is 1. The van der Waals surface area contributed by atoms with Gasteiger partial charge in [0.05, 0.1) is 21.3 Å². The zero-order valence-electron chi connectivity index (χ0n) is 13.6. The van der Waals surface area contributed by atoms with E-state index in [0.29, 0.717) is 11.3 Å². The first-order valence-corrected chi connectivity index (χ1v) is 7.05. The van der Waals surface area contributed by atoms with Gasteiger partial charge in [-0.15, -0.1) is 0 Å². The summed E-state index contributed by atoms with van der Waals surface area (Å²) in [5.74, 6) is -0.179. The van der Waals surface area contributed by atoms with Crippen LogP contribution in [0, 0.1) is 0 Å². The molecule has 2 aromatic carbocycles. The highest BCUT2D eigenvalue weighted by atomic mass is 16.5. The van der Waals surface area contributed by atoms with Crippen LogP contribution in [0.5, 0.6) is 28.7 Å². The van der Waals surface area contributed by atoms with E-state index in [1.165, 1.54) is 32.4 Å². The van der Waals surface area contributed by atoms with Crippen molar-refractivity contribution < 1.29 is 29.2 Å². The predicted octanol–water partition coefficient (Wildman–Crippen LogP) is 3.02. The Morgan fingerprint density at radius 3 is 2.17 bits per heavy atom. The predicted molar refractivity (Wildman–Crippen MR) is 89.2 cm³/mol. The van der Waals surface area contributed by atoms with Crippen LogP contribution < -0.4 is 14.2 Å². The van der Waals surface area contributed by atoms with Gasteiger partial charge >= 0.3 is 0 Å². The Bertz CT molecular complexity index is 762. The fourth-order valence-corrected chi connectivity index (χ4v) is 2.13. The minimum absolute atomic E-state index is 0.120. The van der Waals surface area contributed by atoms with Gasteiger partial charge in [-0.25, -0.2) is 0 Å². The molecule has 24 heavy (non-hydrogen) atoms. The molecular formula is C18H18O6. The van der Waals surface area contributed by atoms with Crippen molar-refractivity contribution in [3.63, 3.8) is 0 Å². The van der Waals surface area contributed by atoms with Crippen LogP contribution >= 0.6 is 0 Å². The molecule has 6 nitrogen and oxygen atoms in total. The molecule has 2 N–H and O–H groups in total. The first kappa shape index (κ1) is 17.2. The lowest BCUT2D eigenvalue weighted by molar-refractivity contribution is 0.104. The largest absolute Gasteiger partial charge is 0.504 e. The molecule has 0 amide bonds. The fraction of sp³-hybridized carbons (Fsp3) is 0.167. The molecule has 0 spiro atoms. The Hall–Kier alpha value is -3.15. The molecule has 126 valence electrons. The van der Waals surface area contributed by atoms with Gasteiger partial charge in [0, 0.05) is 11.1 Å². The summed E-state index contributed by atoms with van der Waals surface area (Å²) in [5, 5.41) is 20.0. The molecule has 0 aliphatic rings. The Balaban J connectivity index is 2.32. The third-order valence-corrected chi connectivity index (χ3v) is 3.44. The Kier molecular flexibility index (Phi) is 5.31. The Morgan fingerprint density at radius 2 is 1.62 bits per heavy atom. The number of aromatic hydroxyl groups is 2. The Labute approximate surface area is 139 Å². The summed E-state index contributed by atoms with van der Waals surface area (Å²) < 4.78 is 15.0. The van der Waals surface area contributed by atoms with Crippen LogP contribution in [-0.4, -0.2) is 37.3 Å². The van der Waals surface area contributed by atoms with E-state index in [-0.39, 0.29) is 34.3 Å². The van der Waals surface area contributed by atoms with E-state index in [2.05, 4.69) is 0 Å². The van der Waals surface area contributed by atoms with Crippen LogP contribution in [0.15, 0.2) is 36.4 Å². The molecule has 2 aromatic rings. The number of hydrogen-bond acceptors (Lipinski definition) is 6. The number of allylic oxidation sites excluding steroid dienone is 1. The van der Waals surface area contributed by atoms with Crippen molar-refractivity contribution in [1.82, 2.24) is 0 Å². The van der Waals surface area contributed by atoms with E-state index in [0.717, 1.165) is 0 Å². The molecule has 0 aliphatic carbocycles. The van der Waals surface area contributed by atoms with Crippen molar-refractivity contribution in [2.24, 2.45) is 0 Å². The quantitative estimate of drug-likeness (QED) is 0.625.